The van der Waals surface area contributed by atoms with Crippen LogP contribution in [0, 0.1) is 11.3 Å². The summed E-state index contributed by atoms with van der Waals surface area (Å²) in [7, 11) is 0. The van der Waals surface area contributed by atoms with Crippen molar-refractivity contribution in [3.8, 4) is 5.75 Å². The quantitative estimate of drug-likeness (QED) is 0.702. The molecule has 0 fully saturated rings. The van der Waals surface area contributed by atoms with Gasteiger partial charge in [-0.1, -0.05) is 58.0 Å². The Kier molecular flexibility index (Phi) is 3.52. The zero-order chi connectivity index (χ0) is 15.0. The summed E-state index contributed by atoms with van der Waals surface area (Å²) < 4.78 is 6.07. The fourth-order valence-corrected chi connectivity index (χ4v) is 3.26. The second-order valence-electron chi connectivity index (χ2n) is 6.58. The van der Waals surface area contributed by atoms with E-state index in [-0.39, 0.29) is 5.41 Å². The average molecular weight is 280 g/mol. The summed E-state index contributed by atoms with van der Waals surface area (Å²) in [6.45, 7) is 9.97. The molecule has 2 aromatic rings. The molecule has 1 atom stereocenters. The van der Waals surface area contributed by atoms with E-state index < -0.39 is 0 Å². The maximum absolute atomic E-state index is 6.07. The minimum Gasteiger partial charge on any atom is -0.489 e. The summed E-state index contributed by atoms with van der Waals surface area (Å²) in [5.41, 5.74) is 2.87. The maximum atomic E-state index is 6.07. The summed E-state index contributed by atoms with van der Waals surface area (Å²) in [5, 5.41) is 2.56. The van der Waals surface area contributed by atoms with Crippen molar-refractivity contribution in [1.29, 1.82) is 0 Å². The zero-order valence-corrected chi connectivity index (χ0v) is 13.4. The molecule has 0 bridgehead atoms. The van der Waals surface area contributed by atoms with E-state index in [4.69, 9.17) is 4.74 Å². The number of rotatable bonds is 3. The third-order valence-electron chi connectivity index (χ3n) is 5.37. The predicted octanol–water partition coefficient (Wildman–Crippen LogP) is 5.69. The average Bonchev–Trinajstić information content (AvgIpc) is 2.53. The first-order valence-electron chi connectivity index (χ1n) is 7.92. The fraction of sp³-hybridized carbons (Fsp3) is 0.400. The van der Waals surface area contributed by atoms with Crippen molar-refractivity contribution in [3.63, 3.8) is 0 Å². The van der Waals surface area contributed by atoms with E-state index in [1.54, 1.807) is 0 Å². The van der Waals surface area contributed by atoms with Crippen molar-refractivity contribution in [2.45, 2.75) is 34.1 Å². The molecule has 110 valence electrons. The second-order valence-corrected chi connectivity index (χ2v) is 6.58. The molecule has 1 unspecified atom stereocenters. The smallest absolute Gasteiger partial charge is 0.127 e. The highest BCUT2D eigenvalue weighted by Crippen LogP contribution is 2.43. The van der Waals surface area contributed by atoms with Crippen LogP contribution in [-0.2, 0) is 0 Å². The molecule has 0 saturated heterocycles. The van der Waals surface area contributed by atoms with E-state index in [0.717, 1.165) is 12.2 Å². The summed E-state index contributed by atoms with van der Waals surface area (Å²) in [6.07, 6.45) is 3.52. The van der Waals surface area contributed by atoms with Gasteiger partial charge in [-0.2, -0.15) is 0 Å². The Morgan fingerprint density at radius 3 is 2.62 bits per heavy atom. The molecule has 1 aliphatic heterocycles. The minimum absolute atomic E-state index is 0.203. The van der Waals surface area contributed by atoms with Crippen LogP contribution in [0.5, 0.6) is 5.75 Å². The monoisotopic (exact) mass is 280 g/mol. The van der Waals surface area contributed by atoms with Gasteiger partial charge in [-0.3, -0.25) is 0 Å². The van der Waals surface area contributed by atoms with E-state index in [1.807, 2.05) is 0 Å². The van der Waals surface area contributed by atoms with Crippen LogP contribution in [0.1, 0.15) is 39.7 Å². The van der Waals surface area contributed by atoms with Crippen molar-refractivity contribution >= 4 is 16.8 Å². The van der Waals surface area contributed by atoms with Crippen molar-refractivity contribution in [3.05, 3.63) is 47.5 Å². The van der Waals surface area contributed by atoms with E-state index >= 15 is 0 Å². The van der Waals surface area contributed by atoms with Gasteiger partial charge in [0.25, 0.3) is 0 Å². The van der Waals surface area contributed by atoms with Crippen LogP contribution in [0.3, 0.4) is 0 Å². The fourth-order valence-electron chi connectivity index (χ4n) is 3.26. The largest absolute Gasteiger partial charge is 0.489 e. The summed E-state index contributed by atoms with van der Waals surface area (Å²) >= 11 is 0. The van der Waals surface area contributed by atoms with Crippen molar-refractivity contribution in [2.75, 3.05) is 6.61 Å². The SMILES string of the molecule is CCC(C)(C1=Cc2c(ccc3ccccc23)OC1)C(C)C. The first kappa shape index (κ1) is 14.2. The number of hydrogen-bond donors (Lipinski definition) is 0. The van der Waals surface area contributed by atoms with Gasteiger partial charge >= 0.3 is 0 Å². The van der Waals surface area contributed by atoms with E-state index in [1.165, 1.54) is 21.9 Å². The van der Waals surface area contributed by atoms with Gasteiger partial charge in [0.1, 0.15) is 12.4 Å². The van der Waals surface area contributed by atoms with E-state index in [9.17, 15) is 0 Å². The van der Waals surface area contributed by atoms with Crippen LogP contribution >= 0.6 is 0 Å². The maximum Gasteiger partial charge on any atom is 0.127 e. The van der Waals surface area contributed by atoms with Gasteiger partial charge in [-0.25, -0.2) is 0 Å². The lowest BCUT2D eigenvalue weighted by Crippen LogP contribution is -2.29. The van der Waals surface area contributed by atoms with Gasteiger partial charge in [0, 0.05) is 5.56 Å². The summed E-state index contributed by atoms with van der Waals surface area (Å²) in [5.74, 6) is 1.62. The Morgan fingerprint density at radius 2 is 1.90 bits per heavy atom. The molecule has 0 amide bonds. The van der Waals surface area contributed by atoms with Gasteiger partial charge in [0.15, 0.2) is 0 Å². The Morgan fingerprint density at radius 1 is 1.14 bits per heavy atom. The molecular formula is C20H24O. The number of ether oxygens (including phenoxy) is 1. The van der Waals surface area contributed by atoms with Gasteiger partial charge in [0.2, 0.25) is 0 Å². The van der Waals surface area contributed by atoms with Crippen LogP contribution in [-0.4, -0.2) is 6.61 Å². The van der Waals surface area contributed by atoms with Crippen LogP contribution in [0.2, 0.25) is 0 Å². The van der Waals surface area contributed by atoms with Crippen LogP contribution < -0.4 is 4.74 Å². The lowest BCUT2D eigenvalue weighted by atomic mass is 9.70. The molecule has 21 heavy (non-hydrogen) atoms. The van der Waals surface area contributed by atoms with Crippen molar-refractivity contribution in [1.82, 2.24) is 0 Å². The Balaban J connectivity index is 2.18. The molecule has 1 nitrogen and oxygen atoms in total. The van der Waals surface area contributed by atoms with Crippen molar-refractivity contribution in [2.24, 2.45) is 11.3 Å². The highest BCUT2D eigenvalue weighted by Gasteiger charge is 2.32. The molecule has 0 aromatic heterocycles. The number of hydrogen-bond acceptors (Lipinski definition) is 1. The standard InChI is InChI=1S/C20H24O/c1-5-20(4,14(2)3)16-12-18-17-9-7-6-8-15(17)10-11-19(18)21-13-16/h6-12,14H,5,13H2,1-4H3. The van der Waals surface area contributed by atoms with Crippen molar-refractivity contribution < 1.29 is 4.74 Å². The lowest BCUT2D eigenvalue weighted by Gasteiger charge is -2.37. The van der Waals surface area contributed by atoms with Gasteiger partial charge in [-0.15, -0.1) is 0 Å². The molecule has 1 heterocycles. The molecule has 0 radical (unpaired) electrons. The summed E-state index contributed by atoms with van der Waals surface area (Å²) in [4.78, 5) is 0. The third kappa shape index (κ3) is 2.25. The third-order valence-corrected chi connectivity index (χ3v) is 5.37. The van der Waals surface area contributed by atoms with Gasteiger partial charge in [0.05, 0.1) is 0 Å². The normalized spacial score (nSPS) is 17.1. The number of fused-ring (bicyclic) bond motifs is 3. The molecule has 2 aromatic carbocycles. The van der Waals surface area contributed by atoms with Crippen LogP contribution in [0.25, 0.3) is 16.8 Å². The number of benzene rings is 2. The molecular weight excluding hydrogens is 256 g/mol. The molecule has 1 heteroatoms. The Hall–Kier alpha value is -1.76. The molecule has 0 spiro atoms. The zero-order valence-electron chi connectivity index (χ0n) is 13.4. The predicted molar refractivity (Wildman–Crippen MR) is 90.7 cm³/mol. The molecule has 0 saturated carbocycles. The molecule has 0 N–H and O–H groups in total. The second kappa shape index (κ2) is 5.22. The molecule has 1 aliphatic rings. The van der Waals surface area contributed by atoms with E-state index in [2.05, 4.69) is 70.2 Å². The first-order chi connectivity index (χ1) is 10.1. The molecule has 0 aliphatic carbocycles. The highest BCUT2D eigenvalue weighted by molar-refractivity contribution is 5.94. The van der Waals surface area contributed by atoms with E-state index in [0.29, 0.717) is 12.5 Å². The highest BCUT2D eigenvalue weighted by atomic mass is 16.5. The first-order valence-corrected chi connectivity index (χ1v) is 7.92. The lowest BCUT2D eigenvalue weighted by molar-refractivity contribution is 0.223. The van der Waals surface area contributed by atoms with Gasteiger partial charge in [-0.05, 0) is 46.2 Å². The Bertz CT molecular complexity index is 696. The topological polar surface area (TPSA) is 9.23 Å². The van der Waals surface area contributed by atoms with Crippen LogP contribution in [0.4, 0.5) is 0 Å². The summed E-state index contributed by atoms with van der Waals surface area (Å²) in [6, 6.07) is 12.8. The minimum atomic E-state index is 0.203. The van der Waals surface area contributed by atoms with Gasteiger partial charge < -0.3 is 4.74 Å². The van der Waals surface area contributed by atoms with Crippen LogP contribution in [0.15, 0.2) is 42.0 Å². The Labute approximate surface area is 127 Å². The molecule has 3 rings (SSSR count).